The number of carboxylic acid groups (broad SMARTS) is 1. The van der Waals surface area contributed by atoms with Crippen molar-refractivity contribution in [3.8, 4) is 0 Å². The molecule has 0 fully saturated rings. The van der Waals surface area contributed by atoms with Crippen LogP contribution in [0.2, 0.25) is 0 Å². The lowest BCUT2D eigenvalue weighted by atomic mass is 10.1. The Hall–Kier alpha value is -1.39. The van der Waals surface area contributed by atoms with Gasteiger partial charge in [0, 0.05) is 17.8 Å². The zero-order chi connectivity index (χ0) is 17.2. The molecule has 0 aromatic rings. The first-order valence-corrected chi connectivity index (χ1v) is 9.11. The van der Waals surface area contributed by atoms with Crippen LogP contribution in [0.1, 0.15) is 89.9 Å². The fourth-order valence-electron chi connectivity index (χ4n) is 2.51. The lowest BCUT2D eigenvalue weighted by molar-refractivity contribution is -0.480. The molecule has 1 N–H and O–H groups in total. The van der Waals surface area contributed by atoms with Gasteiger partial charge in [-0.05, 0) is 38.5 Å². The summed E-state index contributed by atoms with van der Waals surface area (Å²) in [7, 11) is 0. The molecular formula is C18H33NO4. The van der Waals surface area contributed by atoms with E-state index < -0.39 is 5.97 Å². The molecule has 0 aromatic carbocycles. The van der Waals surface area contributed by atoms with Gasteiger partial charge in [-0.3, -0.25) is 14.9 Å². The predicted molar refractivity (Wildman–Crippen MR) is 93.3 cm³/mol. The molecule has 0 heterocycles. The van der Waals surface area contributed by atoms with Crippen LogP contribution in [0.4, 0.5) is 0 Å². The van der Waals surface area contributed by atoms with Crippen molar-refractivity contribution in [2.45, 2.75) is 89.9 Å². The van der Waals surface area contributed by atoms with Gasteiger partial charge >= 0.3 is 5.97 Å². The number of hydrogen-bond acceptors (Lipinski definition) is 3. The second kappa shape index (κ2) is 17.0. The first kappa shape index (κ1) is 21.6. The summed E-state index contributed by atoms with van der Waals surface area (Å²) in [6.07, 6.45) is 18.8. The molecule has 134 valence electrons. The van der Waals surface area contributed by atoms with Crippen LogP contribution < -0.4 is 0 Å². The van der Waals surface area contributed by atoms with Crippen LogP contribution >= 0.6 is 0 Å². The third-order valence-electron chi connectivity index (χ3n) is 3.89. The van der Waals surface area contributed by atoms with E-state index in [0.29, 0.717) is 12.8 Å². The standard InChI is InChI=1S/C18H33NO4/c20-18(21)16-14-12-10-8-6-4-2-1-3-5-7-9-11-13-15-17-19(22)23/h3,5H,1-2,4,6-17H2,(H,20,21)/b5-3-. The van der Waals surface area contributed by atoms with Crippen molar-refractivity contribution in [2.75, 3.05) is 6.54 Å². The molecule has 0 spiro atoms. The van der Waals surface area contributed by atoms with Crippen LogP contribution in [0.15, 0.2) is 12.2 Å². The van der Waals surface area contributed by atoms with E-state index in [9.17, 15) is 14.9 Å². The zero-order valence-electron chi connectivity index (χ0n) is 14.4. The number of carbonyl (C=O) groups is 1. The third kappa shape index (κ3) is 20.6. The largest absolute Gasteiger partial charge is 0.481 e. The highest BCUT2D eigenvalue weighted by Gasteiger charge is 1.97. The highest BCUT2D eigenvalue weighted by Crippen LogP contribution is 2.10. The van der Waals surface area contributed by atoms with E-state index in [1.165, 1.54) is 25.7 Å². The highest BCUT2D eigenvalue weighted by molar-refractivity contribution is 5.66. The van der Waals surface area contributed by atoms with Gasteiger partial charge in [-0.1, -0.05) is 50.7 Å². The SMILES string of the molecule is O=C(O)CCCCCCCCC/C=C\CCCCCC[N+](=O)[O-]. The molecule has 5 heteroatoms. The van der Waals surface area contributed by atoms with Crippen LogP contribution in [0.3, 0.4) is 0 Å². The fraction of sp³-hybridized carbons (Fsp3) is 0.833. The molecular weight excluding hydrogens is 294 g/mol. The minimum absolute atomic E-state index is 0.107. The molecule has 0 saturated carbocycles. The Morgan fingerprint density at radius 2 is 1.22 bits per heavy atom. The van der Waals surface area contributed by atoms with Crippen molar-refractivity contribution >= 4 is 5.97 Å². The Labute approximate surface area is 140 Å². The maximum Gasteiger partial charge on any atom is 0.303 e. The molecule has 0 aliphatic heterocycles. The van der Waals surface area contributed by atoms with Crippen molar-refractivity contribution in [1.29, 1.82) is 0 Å². The third-order valence-corrected chi connectivity index (χ3v) is 3.89. The summed E-state index contributed by atoms with van der Waals surface area (Å²) in [6, 6.07) is 0. The first-order chi connectivity index (χ1) is 11.1. The number of hydrogen-bond donors (Lipinski definition) is 1. The predicted octanol–water partition coefficient (Wildman–Crippen LogP) is 5.37. The monoisotopic (exact) mass is 327 g/mol. The van der Waals surface area contributed by atoms with Crippen molar-refractivity contribution in [2.24, 2.45) is 0 Å². The number of aliphatic carboxylic acids is 1. The van der Waals surface area contributed by atoms with Gasteiger partial charge < -0.3 is 5.11 Å². The molecule has 0 bridgehead atoms. The second-order valence-electron chi connectivity index (χ2n) is 6.14. The molecule has 0 unspecified atom stereocenters. The summed E-state index contributed by atoms with van der Waals surface area (Å²) >= 11 is 0. The highest BCUT2D eigenvalue weighted by atomic mass is 16.6. The van der Waals surface area contributed by atoms with E-state index in [0.717, 1.165) is 51.4 Å². The minimum atomic E-state index is -0.687. The number of carboxylic acids is 1. The summed E-state index contributed by atoms with van der Waals surface area (Å²) in [5.74, 6) is -0.687. The number of nitro groups is 1. The van der Waals surface area contributed by atoms with Crippen molar-refractivity contribution in [3.63, 3.8) is 0 Å². The number of nitrogens with zero attached hydrogens (tertiary/aromatic N) is 1. The average Bonchev–Trinajstić information content (AvgIpc) is 2.49. The van der Waals surface area contributed by atoms with Crippen molar-refractivity contribution in [1.82, 2.24) is 0 Å². The summed E-state index contributed by atoms with van der Waals surface area (Å²) in [5.41, 5.74) is 0. The summed E-state index contributed by atoms with van der Waals surface area (Å²) < 4.78 is 0. The Morgan fingerprint density at radius 1 is 0.783 bits per heavy atom. The van der Waals surface area contributed by atoms with E-state index >= 15 is 0 Å². The van der Waals surface area contributed by atoms with E-state index in [1.807, 2.05) is 0 Å². The first-order valence-electron chi connectivity index (χ1n) is 9.11. The summed E-state index contributed by atoms with van der Waals surface area (Å²) in [4.78, 5) is 20.2. The second-order valence-corrected chi connectivity index (χ2v) is 6.14. The minimum Gasteiger partial charge on any atom is -0.481 e. The van der Waals surface area contributed by atoms with Crippen LogP contribution in [0, 0.1) is 10.1 Å². The molecule has 0 saturated heterocycles. The summed E-state index contributed by atoms with van der Waals surface area (Å²) in [6.45, 7) is 0.107. The number of unbranched alkanes of at least 4 members (excludes halogenated alkanes) is 11. The van der Waals surface area contributed by atoms with Crippen LogP contribution in [-0.2, 0) is 4.79 Å². The fourth-order valence-corrected chi connectivity index (χ4v) is 2.51. The normalized spacial score (nSPS) is 11.1. The lowest BCUT2D eigenvalue weighted by Gasteiger charge is -2.00. The van der Waals surface area contributed by atoms with Gasteiger partial charge in [-0.2, -0.15) is 0 Å². The van der Waals surface area contributed by atoms with Crippen LogP contribution in [-0.4, -0.2) is 22.5 Å². The van der Waals surface area contributed by atoms with Gasteiger partial charge in [0.1, 0.15) is 0 Å². The molecule has 0 aromatic heterocycles. The smallest absolute Gasteiger partial charge is 0.303 e. The molecule has 0 aliphatic carbocycles. The molecule has 5 nitrogen and oxygen atoms in total. The van der Waals surface area contributed by atoms with E-state index in [1.54, 1.807) is 0 Å². The van der Waals surface area contributed by atoms with Gasteiger partial charge in [-0.15, -0.1) is 0 Å². The average molecular weight is 327 g/mol. The Morgan fingerprint density at radius 3 is 1.70 bits per heavy atom. The quantitative estimate of drug-likeness (QED) is 0.169. The van der Waals surface area contributed by atoms with E-state index in [4.69, 9.17) is 5.11 Å². The Balaban J connectivity index is 3.11. The van der Waals surface area contributed by atoms with Gasteiger partial charge in [0.2, 0.25) is 6.54 Å². The maximum atomic E-state index is 10.3. The van der Waals surface area contributed by atoms with Crippen molar-refractivity contribution in [3.05, 3.63) is 22.3 Å². The molecule has 0 amide bonds. The molecule has 0 atom stereocenters. The Kier molecular flexibility index (Phi) is 15.9. The molecule has 0 radical (unpaired) electrons. The van der Waals surface area contributed by atoms with Gasteiger partial charge in [0.05, 0.1) is 0 Å². The number of rotatable bonds is 17. The van der Waals surface area contributed by atoms with Crippen molar-refractivity contribution < 1.29 is 14.8 Å². The Bertz CT molecular complexity index is 329. The van der Waals surface area contributed by atoms with Crippen LogP contribution in [0.5, 0.6) is 0 Å². The lowest BCUT2D eigenvalue weighted by Crippen LogP contribution is -1.99. The van der Waals surface area contributed by atoms with Gasteiger partial charge in [0.15, 0.2) is 0 Å². The van der Waals surface area contributed by atoms with E-state index in [2.05, 4.69) is 12.2 Å². The van der Waals surface area contributed by atoms with E-state index in [-0.39, 0.29) is 11.5 Å². The van der Waals surface area contributed by atoms with Gasteiger partial charge in [-0.25, -0.2) is 0 Å². The molecule has 23 heavy (non-hydrogen) atoms. The van der Waals surface area contributed by atoms with Gasteiger partial charge in [0.25, 0.3) is 0 Å². The topological polar surface area (TPSA) is 80.4 Å². The maximum absolute atomic E-state index is 10.3. The van der Waals surface area contributed by atoms with Crippen LogP contribution in [0.25, 0.3) is 0 Å². The zero-order valence-corrected chi connectivity index (χ0v) is 14.4. The molecule has 0 rings (SSSR count). The number of allylic oxidation sites excluding steroid dienone is 2. The summed E-state index contributed by atoms with van der Waals surface area (Å²) in [5, 5.41) is 18.7. The molecule has 0 aliphatic rings.